The van der Waals surface area contributed by atoms with Crippen LogP contribution in [0.1, 0.15) is 113 Å². The standard InChI is InChI=1S/C36H57NO7/c1-31(2)14-16-36(30(43)37-29-28(42)27(41)26(40)22(19-38)44-29)17-15-34(6)20(21(36)18-31)8-9-24-33(5)12-11-25(39)32(3,4)23(33)10-13-35(24,34)7/h8,21-24,26-29,38,40-42H,9-19H2,1-7H3,(H,37,43)/t21-,22+,23-,24+,26-,27-,28+,29+,33-,34+,35+,36-/m0/s1. The molecule has 5 aliphatic carbocycles. The molecule has 1 saturated heterocycles. The molecule has 5 fully saturated rings. The third kappa shape index (κ3) is 4.33. The lowest BCUT2D eigenvalue weighted by atomic mass is 9.33. The SMILES string of the molecule is CC1(C)CC[C@]2(C(=O)N[C@@H]3O[C@H](CO)[C@H](O)[C@H](O)[C@H]3O)CC[C@]3(C)C(=CC[C@@H]4[C@@]5(C)CCC(=O)C(C)(C)[C@@H]5CC[C@]43C)[C@@H]2C1. The summed E-state index contributed by atoms with van der Waals surface area (Å²) in [7, 11) is 0. The highest BCUT2D eigenvalue weighted by molar-refractivity contribution is 5.86. The molecular weight excluding hydrogens is 558 g/mol. The molecule has 0 aromatic carbocycles. The van der Waals surface area contributed by atoms with Crippen molar-refractivity contribution in [2.24, 2.45) is 50.2 Å². The fourth-order valence-corrected chi connectivity index (χ4v) is 11.9. The van der Waals surface area contributed by atoms with E-state index in [0.717, 1.165) is 57.8 Å². The van der Waals surface area contributed by atoms with Gasteiger partial charge < -0.3 is 30.5 Å². The fourth-order valence-electron chi connectivity index (χ4n) is 11.9. The van der Waals surface area contributed by atoms with Crippen LogP contribution in [-0.4, -0.2) is 69.4 Å². The Hall–Kier alpha value is -1.32. The summed E-state index contributed by atoms with van der Waals surface area (Å²) < 4.78 is 5.73. The first-order valence-corrected chi connectivity index (χ1v) is 17.2. The summed E-state index contributed by atoms with van der Waals surface area (Å²) in [6.07, 6.45) is 4.64. The molecular formula is C36H57NO7. The van der Waals surface area contributed by atoms with Gasteiger partial charge in [0.1, 0.15) is 30.2 Å². The molecule has 1 aliphatic heterocycles. The van der Waals surface area contributed by atoms with Crippen LogP contribution in [0.5, 0.6) is 0 Å². The van der Waals surface area contributed by atoms with Crippen LogP contribution in [0, 0.1) is 50.2 Å². The van der Waals surface area contributed by atoms with E-state index in [1.54, 1.807) is 0 Å². The topological polar surface area (TPSA) is 136 Å². The maximum atomic E-state index is 14.5. The number of rotatable bonds is 3. The van der Waals surface area contributed by atoms with Gasteiger partial charge in [-0.1, -0.05) is 60.1 Å². The zero-order valence-electron chi connectivity index (χ0n) is 28.0. The number of aliphatic hydroxyl groups is 4. The largest absolute Gasteiger partial charge is 0.394 e. The molecule has 0 aromatic rings. The Morgan fingerprint density at radius 2 is 1.59 bits per heavy atom. The lowest BCUT2D eigenvalue weighted by Crippen LogP contribution is -2.67. The molecule has 5 N–H and O–H groups in total. The second-order valence-corrected chi connectivity index (χ2v) is 17.7. The Bertz CT molecular complexity index is 1230. The minimum Gasteiger partial charge on any atom is -0.394 e. The van der Waals surface area contributed by atoms with E-state index in [0.29, 0.717) is 24.0 Å². The van der Waals surface area contributed by atoms with Crippen molar-refractivity contribution >= 4 is 11.7 Å². The molecule has 248 valence electrons. The summed E-state index contributed by atoms with van der Waals surface area (Å²) in [6, 6.07) is 0. The van der Waals surface area contributed by atoms with Crippen LogP contribution in [0.3, 0.4) is 0 Å². The number of Topliss-reactive ketones (excluding diaryl/α,β-unsaturated/α-hetero) is 1. The van der Waals surface area contributed by atoms with Crippen molar-refractivity contribution in [1.82, 2.24) is 5.32 Å². The van der Waals surface area contributed by atoms with Gasteiger partial charge in [0.2, 0.25) is 5.91 Å². The molecule has 1 amide bonds. The average molecular weight is 616 g/mol. The number of hydrogen-bond acceptors (Lipinski definition) is 7. The van der Waals surface area contributed by atoms with Crippen molar-refractivity contribution in [3.05, 3.63) is 11.6 Å². The van der Waals surface area contributed by atoms with Gasteiger partial charge in [-0.25, -0.2) is 0 Å². The highest BCUT2D eigenvalue weighted by Gasteiger charge is 2.69. The Labute approximate surface area is 263 Å². The van der Waals surface area contributed by atoms with E-state index in [9.17, 15) is 30.0 Å². The van der Waals surface area contributed by atoms with Crippen LogP contribution in [0.2, 0.25) is 0 Å². The third-order valence-corrected chi connectivity index (χ3v) is 15.0. The Kier molecular flexibility index (Phi) is 7.66. The molecule has 0 spiro atoms. The molecule has 8 heteroatoms. The molecule has 8 nitrogen and oxygen atoms in total. The minimum atomic E-state index is -1.53. The van der Waals surface area contributed by atoms with Crippen LogP contribution >= 0.6 is 0 Å². The summed E-state index contributed by atoms with van der Waals surface area (Å²) in [5, 5.41) is 44.1. The number of ketones is 1. The number of nitrogens with one attached hydrogen (secondary N) is 1. The van der Waals surface area contributed by atoms with Gasteiger partial charge in [0.05, 0.1) is 12.0 Å². The van der Waals surface area contributed by atoms with Crippen molar-refractivity contribution in [3.63, 3.8) is 0 Å². The number of carbonyl (C=O) groups excluding carboxylic acids is 2. The summed E-state index contributed by atoms with van der Waals surface area (Å²) in [5.41, 5.74) is 0.621. The Morgan fingerprint density at radius 3 is 2.27 bits per heavy atom. The Balaban J connectivity index is 1.35. The van der Waals surface area contributed by atoms with E-state index in [1.165, 1.54) is 5.57 Å². The number of aliphatic hydroxyl groups excluding tert-OH is 4. The van der Waals surface area contributed by atoms with E-state index in [4.69, 9.17) is 4.74 Å². The first kappa shape index (κ1) is 32.6. The molecule has 4 saturated carbocycles. The monoisotopic (exact) mass is 615 g/mol. The lowest BCUT2D eigenvalue weighted by Gasteiger charge is -2.70. The molecule has 12 atom stereocenters. The number of amides is 1. The van der Waals surface area contributed by atoms with Crippen LogP contribution in [0.25, 0.3) is 0 Å². The molecule has 1 heterocycles. The summed E-state index contributed by atoms with van der Waals surface area (Å²) >= 11 is 0. The maximum Gasteiger partial charge on any atom is 0.228 e. The van der Waals surface area contributed by atoms with Crippen LogP contribution < -0.4 is 5.32 Å². The number of carbonyl (C=O) groups is 2. The van der Waals surface area contributed by atoms with Crippen LogP contribution in [0.4, 0.5) is 0 Å². The molecule has 6 rings (SSSR count). The van der Waals surface area contributed by atoms with E-state index in [-0.39, 0.29) is 38.9 Å². The van der Waals surface area contributed by atoms with Gasteiger partial charge in [0.25, 0.3) is 0 Å². The van der Waals surface area contributed by atoms with E-state index in [2.05, 4.69) is 59.9 Å². The van der Waals surface area contributed by atoms with E-state index in [1.807, 2.05) is 0 Å². The van der Waals surface area contributed by atoms with Gasteiger partial charge in [0.15, 0.2) is 6.23 Å². The number of hydrogen-bond donors (Lipinski definition) is 5. The molecule has 0 bridgehead atoms. The van der Waals surface area contributed by atoms with Crippen molar-refractivity contribution in [2.75, 3.05) is 6.61 Å². The quantitative estimate of drug-likeness (QED) is 0.299. The first-order chi connectivity index (χ1) is 20.4. The molecule has 0 aromatic heterocycles. The Morgan fingerprint density at radius 1 is 0.909 bits per heavy atom. The van der Waals surface area contributed by atoms with Gasteiger partial charge in [-0.3, -0.25) is 9.59 Å². The zero-order valence-corrected chi connectivity index (χ0v) is 28.0. The molecule has 0 radical (unpaired) electrons. The predicted octanol–water partition coefficient (Wildman–Crippen LogP) is 4.27. The fraction of sp³-hybridized carbons (Fsp3) is 0.889. The second-order valence-electron chi connectivity index (χ2n) is 17.7. The summed E-state index contributed by atoms with van der Waals surface area (Å²) in [4.78, 5) is 27.6. The predicted molar refractivity (Wildman–Crippen MR) is 166 cm³/mol. The van der Waals surface area contributed by atoms with Crippen LogP contribution in [0.15, 0.2) is 11.6 Å². The average Bonchev–Trinajstić information content (AvgIpc) is 2.95. The van der Waals surface area contributed by atoms with Gasteiger partial charge in [-0.05, 0) is 97.2 Å². The molecule has 44 heavy (non-hydrogen) atoms. The first-order valence-electron chi connectivity index (χ1n) is 17.2. The van der Waals surface area contributed by atoms with Crippen molar-refractivity contribution in [3.8, 4) is 0 Å². The maximum absolute atomic E-state index is 14.5. The van der Waals surface area contributed by atoms with Gasteiger partial charge in [-0.2, -0.15) is 0 Å². The molecule has 0 unspecified atom stereocenters. The summed E-state index contributed by atoms with van der Waals surface area (Å²) in [5.74, 6) is 1.15. The number of allylic oxidation sites excluding steroid dienone is 2. The van der Waals surface area contributed by atoms with Gasteiger partial charge in [-0.15, -0.1) is 0 Å². The van der Waals surface area contributed by atoms with Crippen molar-refractivity contribution in [1.29, 1.82) is 0 Å². The zero-order chi connectivity index (χ0) is 32.3. The second kappa shape index (κ2) is 10.3. The lowest BCUT2D eigenvalue weighted by molar-refractivity contribution is -0.238. The van der Waals surface area contributed by atoms with Crippen LogP contribution in [-0.2, 0) is 14.3 Å². The van der Waals surface area contributed by atoms with Crippen molar-refractivity contribution < 1.29 is 34.8 Å². The number of fused-ring (bicyclic) bond motifs is 7. The van der Waals surface area contributed by atoms with Gasteiger partial charge in [0, 0.05) is 11.8 Å². The van der Waals surface area contributed by atoms with Crippen molar-refractivity contribution in [2.45, 2.75) is 143 Å². The number of ether oxygens (including phenoxy) is 1. The molecule has 6 aliphatic rings. The third-order valence-electron chi connectivity index (χ3n) is 15.0. The van der Waals surface area contributed by atoms with E-state index < -0.39 is 42.7 Å². The highest BCUT2D eigenvalue weighted by Crippen LogP contribution is 2.75. The van der Waals surface area contributed by atoms with Gasteiger partial charge >= 0.3 is 0 Å². The van der Waals surface area contributed by atoms with E-state index >= 15 is 0 Å². The highest BCUT2D eigenvalue weighted by atomic mass is 16.6. The summed E-state index contributed by atoms with van der Waals surface area (Å²) in [6.45, 7) is 15.9. The normalized spacial score (nSPS) is 51.2. The minimum absolute atomic E-state index is 0.0440. The smallest absolute Gasteiger partial charge is 0.228 e.